The van der Waals surface area contributed by atoms with Gasteiger partial charge in [0, 0.05) is 22.5 Å². The van der Waals surface area contributed by atoms with Crippen LogP contribution in [0.15, 0.2) is 18.2 Å². The molecule has 0 radical (unpaired) electrons. The predicted octanol–water partition coefficient (Wildman–Crippen LogP) is 4.41. The number of hydrogen-bond acceptors (Lipinski definition) is 2. The summed E-state index contributed by atoms with van der Waals surface area (Å²) in [7, 11) is 1.72. The Kier molecular flexibility index (Phi) is 6.67. The summed E-state index contributed by atoms with van der Waals surface area (Å²) in [4.78, 5) is 0. The third kappa shape index (κ3) is 3.87. The molecule has 1 aromatic carbocycles. The molecule has 19 heavy (non-hydrogen) atoms. The van der Waals surface area contributed by atoms with Gasteiger partial charge in [0.2, 0.25) is 0 Å². The van der Waals surface area contributed by atoms with Crippen LogP contribution in [0.2, 0.25) is 5.02 Å². The van der Waals surface area contributed by atoms with Crippen molar-refractivity contribution < 1.29 is 4.74 Å². The minimum Gasteiger partial charge on any atom is -0.496 e. The van der Waals surface area contributed by atoms with Crippen LogP contribution in [0.4, 0.5) is 0 Å². The van der Waals surface area contributed by atoms with Gasteiger partial charge in [-0.2, -0.15) is 0 Å². The quantitative estimate of drug-likeness (QED) is 0.714. The topological polar surface area (TPSA) is 21.3 Å². The first-order valence-electron chi connectivity index (χ1n) is 7.18. The smallest absolute Gasteiger partial charge is 0.122 e. The molecule has 0 saturated heterocycles. The van der Waals surface area contributed by atoms with E-state index in [4.69, 9.17) is 16.3 Å². The van der Waals surface area contributed by atoms with Gasteiger partial charge in [-0.1, -0.05) is 32.4 Å². The van der Waals surface area contributed by atoms with Gasteiger partial charge in [0.25, 0.3) is 0 Å². The molecule has 0 atom stereocenters. The minimum absolute atomic E-state index is 0.0887. The molecule has 0 aliphatic heterocycles. The van der Waals surface area contributed by atoms with E-state index in [2.05, 4.69) is 32.2 Å². The van der Waals surface area contributed by atoms with E-state index < -0.39 is 0 Å². The van der Waals surface area contributed by atoms with Crippen molar-refractivity contribution in [1.82, 2.24) is 5.32 Å². The summed E-state index contributed by atoms with van der Waals surface area (Å²) < 4.78 is 5.53. The highest BCUT2D eigenvalue weighted by molar-refractivity contribution is 6.30. The Bertz CT molecular complexity index is 388. The Morgan fingerprint density at radius 3 is 2.42 bits per heavy atom. The molecule has 0 aromatic heterocycles. The minimum atomic E-state index is 0.0887. The lowest BCUT2D eigenvalue weighted by Gasteiger charge is -2.34. The monoisotopic (exact) mass is 283 g/mol. The third-order valence-electron chi connectivity index (χ3n) is 3.98. The Morgan fingerprint density at radius 2 is 1.89 bits per heavy atom. The van der Waals surface area contributed by atoms with E-state index >= 15 is 0 Å². The third-order valence-corrected chi connectivity index (χ3v) is 4.21. The molecule has 0 amide bonds. The van der Waals surface area contributed by atoms with Gasteiger partial charge in [-0.25, -0.2) is 0 Å². The van der Waals surface area contributed by atoms with Gasteiger partial charge in [0.1, 0.15) is 5.75 Å². The van der Waals surface area contributed by atoms with Crippen LogP contribution in [0.25, 0.3) is 0 Å². The van der Waals surface area contributed by atoms with Gasteiger partial charge >= 0.3 is 0 Å². The van der Waals surface area contributed by atoms with Crippen LogP contribution >= 0.6 is 11.6 Å². The van der Waals surface area contributed by atoms with Crippen molar-refractivity contribution in [2.45, 2.75) is 45.4 Å². The second-order valence-corrected chi connectivity index (χ2v) is 5.45. The Labute approximate surface area is 122 Å². The number of halogens is 1. The standard InChI is InChI=1S/C16H26ClNO/c1-5-10-18-12-16(6-2,7-3)14-11-13(17)8-9-15(14)19-4/h8-9,11,18H,5-7,10,12H2,1-4H3. The number of ether oxygens (including phenoxy) is 1. The van der Waals surface area contributed by atoms with Gasteiger partial charge in [-0.3, -0.25) is 0 Å². The first-order chi connectivity index (χ1) is 9.13. The van der Waals surface area contributed by atoms with Gasteiger partial charge in [-0.05, 0) is 44.0 Å². The summed E-state index contributed by atoms with van der Waals surface area (Å²) in [6.07, 6.45) is 3.28. The molecule has 0 saturated carbocycles. The second kappa shape index (κ2) is 7.76. The highest BCUT2D eigenvalue weighted by Crippen LogP contribution is 2.38. The summed E-state index contributed by atoms with van der Waals surface area (Å²) in [5.41, 5.74) is 1.31. The Morgan fingerprint density at radius 1 is 1.21 bits per heavy atom. The molecule has 1 rings (SSSR count). The van der Waals surface area contributed by atoms with Crippen LogP contribution in [0.1, 0.15) is 45.6 Å². The lowest BCUT2D eigenvalue weighted by Crippen LogP contribution is -2.38. The van der Waals surface area contributed by atoms with Crippen LogP contribution in [-0.2, 0) is 5.41 Å². The lowest BCUT2D eigenvalue weighted by molar-refractivity contribution is 0.340. The molecule has 2 nitrogen and oxygen atoms in total. The van der Waals surface area contributed by atoms with Crippen LogP contribution in [0.3, 0.4) is 0 Å². The van der Waals surface area contributed by atoms with Crippen molar-refractivity contribution in [3.05, 3.63) is 28.8 Å². The van der Waals surface area contributed by atoms with E-state index in [9.17, 15) is 0 Å². The average Bonchev–Trinajstić information content (AvgIpc) is 2.44. The van der Waals surface area contributed by atoms with Crippen molar-refractivity contribution >= 4 is 11.6 Å². The summed E-state index contributed by atoms with van der Waals surface area (Å²) in [5.74, 6) is 0.936. The van der Waals surface area contributed by atoms with E-state index in [1.54, 1.807) is 7.11 Å². The number of hydrogen-bond donors (Lipinski definition) is 1. The maximum absolute atomic E-state index is 6.18. The first-order valence-corrected chi connectivity index (χ1v) is 7.56. The molecule has 0 aliphatic rings. The van der Waals surface area contributed by atoms with Crippen LogP contribution < -0.4 is 10.1 Å². The van der Waals surface area contributed by atoms with Crippen LogP contribution in [-0.4, -0.2) is 20.2 Å². The molecular weight excluding hydrogens is 258 g/mol. The first kappa shape index (κ1) is 16.3. The molecule has 108 valence electrons. The van der Waals surface area contributed by atoms with E-state index in [0.717, 1.165) is 43.1 Å². The fourth-order valence-corrected chi connectivity index (χ4v) is 2.75. The number of methoxy groups -OCH3 is 1. The number of benzene rings is 1. The van der Waals surface area contributed by atoms with Crippen molar-refractivity contribution in [2.24, 2.45) is 0 Å². The maximum Gasteiger partial charge on any atom is 0.122 e. The lowest BCUT2D eigenvalue weighted by atomic mass is 9.75. The second-order valence-electron chi connectivity index (χ2n) is 5.01. The van der Waals surface area contributed by atoms with Crippen molar-refractivity contribution in [3.8, 4) is 5.75 Å². The zero-order chi connectivity index (χ0) is 14.3. The summed E-state index contributed by atoms with van der Waals surface area (Å²) in [6, 6.07) is 5.91. The summed E-state index contributed by atoms with van der Waals surface area (Å²) in [6.45, 7) is 8.66. The molecular formula is C16H26ClNO. The van der Waals surface area contributed by atoms with Gasteiger partial charge in [0.15, 0.2) is 0 Å². The Hall–Kier alpha value is -0.730. The fourth-order valence-electron chi connectivity index (χ4n) is 2.58. The molecule has 0 aliphatic carbocycles. The van der Waals surface area contributed by atoms with Gasteiger partial charge in [0.05, 0.1) is 7.11 Å². The van der Waals surface area contributed by atoms with Crippen LogP contribution in [0.5, 0.6) is 5.75 Å². The largest absolute Gasteiger partial charge is 0.496 e. The highest BCUT2D eigenvalue weighted by atomic mass is 35.5. The van der Waals surface area contributed by atoms with E-state index in [-0.39, 0.29) is 5.41 Å². The SMILES string of the molecule is CCCNCC(CC)(CC)c1cc(Cl)ccc1OC. The van der Waals surface area contributed by atoms with Crippen molar-refractivity contribution in [1.29, 1.82) is 0 Å². The molecule has 0 unspecified atom stereocenters. The van der Waals surface area contributed by atoms with E-state index in [1.807, 2.05) is 12.1 Å². The number of nitrogens with one attached hydrogen (secondary N) is 1. The summed E-state index contributed by atoms with van der Waals surface area (Å²) in [5, 5.41) is 4.32. The normalized spacial score (nSPS) is 11.6. The van der Waals surface area contributed by atoms with Crippen molar-refractivity contribution in [3.63, 3.8) is 0 Å². The zero-order valence-corrected chi connectivity index (χ0v) is 13.3. The number of rotatable bonds is 8. The molecule has 1 aromatic rings. The van der Waals surface area contributed by atoms with Crippen LogP contribution in [0, 0.1) is 0 Å². The maximum atomic E-state index is 6.18. The Balaban J connectivity index is 3.12. The van der Waals surface area contributed by atoms with Gasteiger partial charge in [-0.15, -0.1) is 0 Å². The molecule has 0 heterocycles. The summed E-state index contributed by atoms with van der Waals surface area (Å²) >= 11 is 6.18. The molecule has 0 fully saturated rings. The zero-order valence-electron chi connectivity index (χ0n) is 12.6. The highest BCUT2D eigenvalue weighted by Gasteiger charge is 2.31. The molecule has 3 heteroatoms. The molecule has 0 bridgehead atoms. The average molecular weight is 284 g/mol. The predicted molar refractivity (Wildman–Crippen MR) is 83.4 cm³/mol. The van der Waals surface area contributed by atoms with E-state index in [0.29, 0.717) is 0 Å². The van der Waals surface area contributed by atoms with Gasteiger partial charge < -0.3 is 10.1 Å². The molecule has 0 spiro atoms. The molecule has 1 N–H and O–H groups in total. The van der Waals surface area contributed by atoms with Crippen molar-refractivity contribution in [2.75, 3.05) is 20.2 Å². The van der Waals surface area contributed by atoms with E-state index in [1.165, 1.54) is 5.56 Å². The fraction of sp³-hybridized carbons (Fsp3) is 0.625.